The normalized spacial score (nSPS) is 10.1. The molecule has 4 heteroatoms. The molecule has 28 heavy (non-hydrogen) atoms. The summed E-state index contributed by atoms with van der Waals surface area (Å²) in [5.74, 6) is 2.66. The maximum atomic E-state index is 5.70. The minimum absolute atomic E-state index is 0.664. The summed E-state index contributed by atoms with van der Waals surface area (Å²) in [6.07, 6.45) is 2.11. The summed E-state index contributed by atoms with van der Waals surface area (Å²) in [7, 11) is 6.55. The van der Waals surface area contributed by atoms with Crippen molar-refractivity contribution in [3.63, 3.8) is 0 Å². The standard InChI is InChI=1S/C24H24O4/c1-25-21-14-8-12-18(23(21)27-3)20(16-17-10-6-5-7-11-17)19-13-9-15-22(26-2)24(19)28-4/h5-16H,1-4H3. The van der Waals surface area contributed by atoms with Gasteiger partial charge in [-0.05, 0) is 29.3 Å². The first-order chi connectivity index (χ1) is 13.7. The lowest BCUT2D eigenvalue weighted by molar-refractivity contribution is 0.352. The van der Waals surface area contributed by atoms with Crippen LogP contribution in [-0.2, 0) is 0 Å². The first-order valence-electron chi connectivity index (χ1n) is 8.93. The summed E-state index contributed by atoms with van der Waals surface area (Å²) in [4.78, 5) is 0. The quantitative estimate of drug-likeness (QED) is 0.524. The minimum atomic E-state index is 0.664. The van der Waals surface area contributed by atoms with Crippen LogP contribution in [0.15, 0.2) is 66.7 Å². The molecule has 0 unspecified atom stereocenters. The van der Waals surface area contributed by atoms with Gasteiger partial charge in [0.15, 0.2) is 23.0 Å². The van der Waals surface area contributed by atoms with Crippen molar-refractivity contribution in [1.82, 2.24) is 0 Å². The SMILES string of the molecule is COc1cccc(C(=Cc2ccccc2)c2cccc(OC)c2OC)c1OC. The van der Waals surface area contributed by atoms with Crippen molar-refractivity contribution >= 4 is 11.6 Å². The monoisotopic (exact) mass is 376 g/mol. The molecule has 0 aliphatic rings. The van der Waals surface area contributed by atoms with Crippen LogP contribution in [0.25, 0.3) is 11.6 Å². The van der Waals surface area contributed by atoms with E-state index in [1.54, 1.807) is 28.4 Å². The molecule has 3 aromatic carbocycles. The highest BCUT2D eigenvalue weighted by molar-refractivity contribution is 5.96. The molecule has 0 N–H and O–H groups in total. The highest BCUT2D eigenvalue weighted by atomic mass is 16.5. The van der Waals surface area contributed by atoms with E-state index in [0.717, 1.165) is 22.3 Å². The Morgan fingerprint density at radius 2 is 1.07 bits per heavy atom. The molecule has 0 aliphatic heterocycles. The van der Waals surface area contributed by atoms with E-state index in [-0.39, 0.29) is 0 Å². The number of hydrogen-bond donors (Lipinski definition) is 0. The summed E-state index contributed by atoms with van der Waals surface area (Å²) < 4.78 is 22.4. The van der Waals surface area contributed by atoms with Crippen LogP contribution in [0.5, 0.6) is 23.0 Å². The molecule has 0 heterocycles. The zero-order chi connectivity index (χ0) is 19.9. The third kappa shape index (κ3) is 3.81. The second kappa shape index (κ2) is 9.00. The Bertz CT molecular complexity index is 904. The van der Waals surface area contributed by atoms with Crippen LogP contribution in [-0.4, -0.2) is 28.4 Å². The zero-order valence-corrected chi connectivity index (χ0v) is 16.6. The molecular weight excluding hydrogens is 352 g/mol. The van der Waals surface area contributed by atoms with Crippen LogP contribution in [0.1, 0.15) is 16.7 Å². The Kier molecular flexibility index (Phi) is 6.22. The topological polar surface area (TPSA) is 36.9 Å². The fraction of sp³-hybridized carbons (Fsp3) is 0.167. The molecule has 0 atom stereocenters. The van der Waals surface area contributed by atoms with Gasteiger partial charge in [-0.15, -0.1) is 0 Å². The van der Waals surface area contributed by atoms with Gasteiger partial charge in [0.2, 0.25) is 0 Å². The van der Waals surface area contributed by atoms with Crippen LogP contribution in [0.4, 0.5) is 0 Å². The lowest BCUT2D eigenvalue weighted by Crippen LogP contribution is -2.00. The fourth-order valence-electron chi connectivity index (χ4n) is 3.21. The first-order valence-corrected chi connectivity index (χ1v) is 8.93. The van der Waals surface area contributed by atoms with Crippen LogP contribution in [0.2, 0.25) is 0 Å². The van der Waals surface area contributed by atoms with Crippen molar-refractivity contribution in [3.8, 4) is 23.0 Å². The molecule has 3 aromatic rings. The summed E-state index contributed by atoms with van der Waals surface area (Å²) in [5, 5.41) is 0. The van der Waals surface area contributed by atoms with Gasteiger partial charge in [-0.25, -0.2) is 0 Å². The lowest BCUT2D eigenvalue weighted by atomic mass is 9.93. The molecule has 0 aliphatic carbocycles. The molecule has 4 nitrogen and oxygen atoms in total. The Hall–Kier alpha value is -3.40. The van der Waals surface area contributed by atoms with E-state index in [4.69, 9.17) is 18.9 Å². The number of hydrogen-bond acceptors (Lipinski definition) is 4. The van der Waals surface area contributed by atoms with Gasteiger partial charge < -0.3 is 18.9 Å². The molecule has 3 rings (SSSR count). The highest BCUT2D eigenvalue weighted by Crippen LogP contribution is 2.43. The summed E-state index contributed by atoms with van der Waals surface area (Å²) >= 11 is 0. The number of para-hydroxylation sites is 2. The third-order valence-electron chi connectivity index (χ3n) is 4.50. The summed E-state index contributed by atoms with van der Waals surface area (Å²) in [6, 6.07) is 21.8. The second-order valence-corrected chi connectivity index (χ2v) is 6.05. The van der Waals surface area contributed by atoms with Gasteiger partial charge in [0.1, 0.15) is 0 Å². The van der Waals surface area contributed by atoms with Crippen LogP contribution < -0.4 is 18.9 Å². The smallest absolute Gasteiger partial charge is 0.168 e. The van der Waals surface area contributed by atoms with Crippen molar-refractivity contribution in [2.75, 3.05) is 28.4 Å². The maximum Gasteiger partial charge on any atom is 0.168 e. The first kappa shape index (κ1) is 19.4. The van der Waals surface area contributed by atoms with E-state index < -0.39 is 0 Å². The van der Waals surface area contributed by atoms with Gasteiger partial charge in [-0.2, -0.15) is 0 Å². The Balaban J connectivity index is 2.32. The van der Waals surface area contributed by atoms with Crippen molar-refractivity contribution < 1.29 is 18.9 Å². The van der Waals surface area contributed by atoms with E-state index in [1.807, 2.05) is 54.6 Å². The van der Waals surface area contributed by atoms with Gasteiger partial charge in [0.05, 0.1) is 28.4 Å². The molecule has 0 amide bonds. The number of ether oxygens (including phenoxy) is 4. The van der Waals surface area contributed by atoms with E-state index in [1.165, 1.54) is 0 Å². The van der Waals surface area contributed by atoms with Crippen LogP contribution in [0.3, 0.4) is 0 Å². The van der Waals surface area contributed by atoms with Crippen LogP contribution >= 0.6 is 0 Å². The minimum Gasteiger partial charge on any atom is -0.493 e. The molecule has 0 radical (unpaired) electrons. The fourth-order valence-corrected chi connectivity index (χ4v) is 3.21. The van der Waals surface area contributed by atoms with Crippen molar-refractivity contribution in [3.05, 3.63) is 83.4 Å². The van der Waals surface area contributed by atoms with Gasteiger partial charge in [-0.3, -0.25) is 0 Å². The molecule has 0 fully saturated rings. The average molecular weight is 376 g/mol. The predicted octanol–water partition coefficient (Wildman–Crippen LogP) is 5.31. The number of rotatable bonds is 7. The lowest BCUT2D eigenvalue weighted by Gasteiger charge is -2.19. The average Bonchev–Trinajstić information content (AvgIpc) is 2.76. The zero-order valence-electron chi connectivity index (χ0n) is 16.6. The highest BCUT2D eigenvalue weighted by Gasteiger charge is 2.20. The summed E-state index contributed by atoms with van der Waals surface area (Å²) in [5.41, 5.74) is 3.81. The van der Waals surface area contributed by atoms with E-state index in [9.17, 15) is 0 Å². The maximum absolute atomic E-state index is 5.70. The summed E-state index contributed by atoms with van der Waals surface area (Å²) in [6.45, 7) is 0. The Labute approximate surface area is 165 Å². The van der Waals surface area contributed by atoms with Crippen molar-refractivity contribution in [2.45, 2.75) is 0 Å². The molecule has 0 aromatic heterocycles. The molecule has 0 saturated heterocycles. The molecule has 0 spiro atoms. The van der Waals surface area contributed by atoms with Gasteiger partial charge in [0.25, 0.3) is 0 Å². The molecule has 144 valence electrons. The predicted molar refractivity (Wildman–Crippen MR) is 113 cm³/mol. The number of benzene rings is 3. The van der Waals surface area contributed by atoms with E-state index in [0.29, 0.717) is 23.0 Å². The number of methoxy groups -OCH3 is 4. The van der Waals surface area contributed by atoms with Crippen LogP contribution in [0, 0.1) is 0 Å². The van der Waals surface area contributed by atoms with Crippen molar-refractivity contribution in [1.29, 1.82) is 0 Å². The van der Waals surface area contributed by atoms with E-state index >= 15 is 0 Å². The molecule has 0 bridgehead atoms. The van der Waals surface area contributed by atoms with Gasteiger partial charge in [0, 0.05) is 11.1 Å². The Morgan fingerprint density at radius 3 is 1.50 bits per heavy atom. The molecule has 0 saturated carbocycles. The Morgan fingerprint density at radius 1 is 0.571 bits per heavy atom. The largest absolute Gasteiger partial charge is 0.493 e. The van der Waals surface area contributed by atoms with Gasteiger partial charge >= 0.3 is 0 Å². The second-order valence-electron chi connectivity index (χ2n) is 6.05. The molecular formula is C24H24O4. The third-order valence-corrected chi connectivity index (χ3v) is 4.50. The van der Waals surface area contributed by atoms with E-state index in [2.05, 4.69) is 18.2 Å². The van der Waals surface area contributed by atoms with Gasteiger partial charge in [-0.1, -0.05) is 54.6 Å². The van der Waals surface area contributed by atoms with Crippen molar-refractivity contribution in [2.24, 2.45) is 0 Å².